The van der Waals surface area contributed by atoms with E-state index in [4.69, 9.17) is 33.8 Å². The highest BCUT2D eigenvalue weighted by Gasteiger charge is 2.22. The van der Waals surface area contributed by atoms with E-state index in [1.54, 1.807) is 11.8 Å². The van der Waals surface area contributed by atoms with E-state index >= 15 is 0 Å². The molecule has 11 rings (SSSR count). The molecular formula is C50H31N5O2S. The molecule has 0 amide bonds. The predicted octanol–water partition coefficient (Wildman–Crippen LogP) is 13.3. The molecule has 8 heteroatoms. The normalized spacial score (nSPS) is 11.6. The lowest BCUT2D eigenvalue weighted by Gasteiger charge is -2.14. The molecule has 58 heavy (non-hydrogen) atoms. The number of hydrogen-bond donors (Lipinski definition) is 0. The van der Waals surface area contributed by atoms with Crippen molar-refractivity contribution >= 4 is 55.8 Å². The summed E-state index contributed by atoms with van der Waals surface area (Å²) in [6, 6.07) is 57.0. The van der Waals surface area contributed by atoms with Gasteiger partial charge in [-0.25, -0.2) is 24.9 Å². The Hall–Kier alpha value is -7.42. The maximum Gasteiger partial charge on any atom is 0.180 e. The first-order valence-electron chi connectivity index (χ1n) is 19.0. The van der Waals surface area contributed by atoms with Crippen LogP contribution in [0.25, 0.3) is 101 Å². The second-order valence-corrected chi connectivity index (χ2v) is 15.2. The molecule has 274 valence electrons. The first kappa shape index (κ1) is 33.9. The summed E-state index contributed by atoms with van der Waals surface area (Å²) >= 11 is 1.71. The number of aromatic nitrogens is 5. The van der Waals surface area contributed by atoms with Gasteiger partial charge in [-0.15, -0.1) is 0 Å². The van der Waals surface area contributed by atoms with E-state index in [1.807, 2.05) is 109 Å². The fourth-order valence-electron chi connectivity index (χ4n) is 7.57. The molecule has 7 nitrogen and oxygen atoms in total. The van der Waals surface area contributed by atoms with Crippen LogP contribution in [0.1, 0.15) is 5.56 Å². The van der Waals surface area contributed by atoms with E-state index in [2.05, 4.69) is 67.6 Å². The van der Waals surface area contributed by atoms with Crippen molar-refractivity contribution in [2.75, 3.05) is 0 Å². The summed E-state index contributed by atoms with van der Waals surface area (Å²) in [4.78, 5) is 27.8. The molecule has 0 atom stereocenters. The Morgan fingerprint density at radius 1 is 0.431 bits per heavy atom. The van der Waals surface area contributed by atoms with Crippen molar-refractivity contribution in [2.45, 2.75) is 16.7 Å². The van der Waals surface area contributed by atoms with Crippen LogP contribution in [0.5, 0.6) is 0 Å². The molecule has 0 N–H and O–H groups in total. The molecule has 7 aromatic carbocycles. The average molecular weight is 766 g/mol. The van der Waals surface area contributed by atoms with Gasteiger partial charge in [0.1, 0.15) is 28.0 Å². The Bertz CT molecular complexity index is 3330. The van der Waals surface area contributed by atoms with Crippen molar-refractivity contribution in [1.82, 2.24) is 24.9 Å². The summed E-state index contributed by atoms with van der Waals surface area (Å²) in [5.74, 6) is 2.38. The predicted molar refractivity (Wildman–Crippen MR) is 232 cm³/mol. The van der Waals surface area contributed by atoms with Gasteiger partial charge in [-0.1, -0.05) is 139 Å². The van der Waals surface area contributed by atoms with Gasteiger partial charge in [0.15, 0.2) is 28.9 Å². The SMILES string of the molecule is Cc1cccc(-c2nc(-c3ccccc3)nc(-c3cccc4oc5cc(-c6nc(-c7ccccc7)nc7c6oc6ccccc67)ccc5c34)n2)c1Sc1ccccc1. The number of hydrogen-bond acceptors (Lipinski definition) is 8. The molecule has 4 heterocycles. The number of benzene rings is 7. The molecule has 0 fully saturated rings. The van der Waals surface area contributed by atoms with Crippen molar-refractivity contribution in [1.29, 1.82) is 0 Å². The second kappa shape index (κ2) is 14.0. The van der Waals surface area contributed by atoms with E-state index in [0.717, 1.165) is 76.0 Å². The zero-order valence-electron chi connectivity index (χ0n) is 31.1. The van der Waals surface area contributed by atoms with Gasteiger partial charge in [0.05, 0.1) is 0 Å². The largest absolute Gasteiger partial charge is 0.456 e. The molecule has 0 unspecified atom stereocenters. The van der Waals surface area contributed by atoms with Crippen LogP contribution >= 0.6 is 11.8 Å². The van der Waals surface area contributed by atoms with Crippen LogP contribution in [-0.2, 0) is 0 Å². The topological polar surface area (TPSA) is 90.7 Å². The van der Waals surface area contributed by atoms with Gasteiger partial charge < -0.3 is 8.83 Å². The van der Waals surface area contributed by atoms with E-state index in [-0.39, 0.29) is 0 Å². The van der Waals surface area contributed by atoms with Crippen LogP contribution in [0.4, 0.5) is 0 Å². The number of para-hydroxylation sites is 1. The molecule has 0 aliphatic rings. The van der Waals surface area contributed by atoms with Crippen LogP contribution in [0.15, 0.2) is 188 Å². The van der Waals surface area contributed by atoms with Crippen molar-refractivity contribution in [3.63, 3.8) is 0 Å². The second-order valence-electron chi connectivity index (χ2n) is 14.1. The van der Waals surface area contributed by atoms with Gasteiger partial charge in [-0.05, 0) is 55.0 Å². The third-order valence-electron chi connectivity index (χ3n) is 10.3. The van der Waals surface area contributed by atoms with Crippen molar-refractivity contribution in [3.8, 4) is 56.8 Å². The number of rotatable bonds is 7. The zero-order valence-corrected chi connectivity index (χ0v) is 31.9. The van der Waals surface area contributed by atoms with Gasteiger partial charge in [-0.2, -0.15) is 0 Å². The van der Waals surface area contributed by atoms with Crippen molar-refractivity contribution in [2.24, 2.45) is 0 Å². The van der Waals surface area contributed by atoms with Crippen LogP contribution in [0, 0.1) is 6.92 Å². The summed E-state index contributed by atoms with van der Waals surface area (Å²) in [7, 11) is 0. The molecular weight excluding hydrogens is 735 g/mol. The molecule has 11 aromatic rings. The smallest absolute Gasteiger partial charge is 0.180 e. The summed E-state index contributed by atoms with van der Waals surface area (Å²) in [6.45, 7) is 2.13. The third-order valence-corrected chi connectivity index (χ3v) is 11.6. The fourth-order valence-corrected chi connectivity index (χ4v) is 8.59. The van der Waals surface area contributed by atoms with Crippen LogP contribution in [-0.4, -0.2) is 24.9 Å². The standard InChI is InChI=1S/C50H31N5O2S/c1-30-15-13-24-38(46(30)58-34-20-9-4-10-21-34)50-54-48(32-18-7-3-8-19-32)53-49(55-50)37-23-14-26-40-42(37)35-28-27-33(29-41(35)56-40)43-45-44(36-22-11-12-25-39(36)57-45)52-47(51-43)31-16-5-2-6-17-31/h2-29H,1H3. The Balaban J connectivity index is 1.09. The highest BCUT2D eigenvalue weighted by molar-refractivity contribution is 7.99. The minimum absolute atomic E-state index is 0.561. The Kier molecular flexibility index (Phi) is 8.15. The van der Waals surface area contributed by atoms with Gasteiger partial charge in [-0.3, -0.25) is 0 Å². The zero-order chi connectivity index (χ0) is 38.6. The van der Waals surface area contributed by atoms with E-state index < -0.39 is 0 Å². The monoisotopic (exact) mass is 765 g/mol. The van der Waals surface area contributed by atoms with Gasteiger partial charge in [0.2, 0.25) is 0 Å². The first-order valence-corrected chi connectivity index (χ1v) is 19.8. The molecule has 4 aromatic heterocycles. The minimum atomic E-state index is 0.561. The lowest BCUT2D eigenvalue weighted by Crippen LogP contribution is -2.01. The number of nitrogens with zero attached hydrogens (tertiary/aromatic N) is 5. The van der Waals surface area contributed by atoms with Gasteiger partial charge in [0.25, 0.3) is 0 Å². The number of furan rings is 2. The average Bonchev–Trinajstić information content (AvgIpc) is 3.86. The maximum atomic E-state index is 6.65. The lowest BCUT2D eigenvalue weighted by atomic mass is 10.0. The Labute approximate surface area is 337 Å². The summed E-state index contributed by atoms with van der Waals surface area (Å²) in [5.41, 5.74) is 9.91. The maximum absolute atomic E-state index is 6.65. The number of fused-ring (bicyclic) bond motifs is 6. The molecule has 0 saturated heterocycles. The minimum Gasteiger partial charge on any atom is -0.456 e. The lowest BCUT2D eigenvalue weighted by molar-refractivity contribution is 0.666. The molecule has 0 radical (unpaired) electrons. The highest BCUT2D eigenvalue weighted by Crippen LogP contribution is 2.42. The van der Waals surface area contributed by atoms with Crippen LogP contribution in [0.3, 0.4) is 0 Å². The molecule has 0 spiro atoms. The molecule has 0 bridgehead atoms. The van der Waals surface area contributed by atoms with Crippen LogP contribution in [0.2, 0.25) is 0 Å². The fraction of sp³-hybridized carbons (Fsp3) is 0.0200. The first-order chi connectivity index (χ1) is 28.6. The summed E-state index contributed by atoms with van der Waals surface area (Å²) in [6.07, 6.45) is 0. The summed E-state index contributed by atoms with van der Waals surface area (Å²) in [5, 5.41) is 2.80. The quantitative estimate of drug-likeness (QED) is 0.158. The highest BCUT2D eigenvalue weighted by atomic mass is 32.2. The Morgan fingerprint density at radius 3 is 1.83 bits per heavy atom. The Morgan fingerprint density at radius 2 is 1.05 bits per heavy atom. The summed E-state index contributed by atoms with van der Waals surface area (Å²) < 4.78 is 13.1. The molecule has 0 aliphatic carbocycles. The third kappa shape index (κ3) is 5.90. The number of aryl methyl sites for hydroxylation is 1. The van der Waals surface area contributed by atoms with Crippen molar-refractivity contribution in [3.05, 3.63) is 175 Å². The molecule has 0 aliphatic heterocycles. The van der Waals surface area contributed by atoms with Gasteiger partial charge in [0, 0.05) is 53.8 Å². The van der Waals surface area contributed by atoms with Crippen molar-refractivity contribution < 1.29 is 8.83 Å². The van der Waals surface area contributed by atoms with Crippen LogP contribution < -0.4 is 0 Å². The molecule has 0 saturated carbocycles. The van der Waals surface area contributed by atoms with E-state index in [0.29, 0.717) is 40.2 Å². The van der Waals surface area contributed by atoms with E-state index in [9.17, 15) is 0 Å². The van der Waals surface area contributed by atoms with Gasteiger partial charge >= 0.3 is 0 Å². The van der Waals surface area contributed by atoms with E-state index in [1.165, 1.54) is 0 Å².